The van der Waals surface area contributed by atoms with E-state index in [-0.39, 0.29) is 11.1 Å². The predicted octanol–water partition coefficient (Wildman–Crippen LogP) is -0.510. The Balaban J connectivity index is 3.87. The van der Waals surface area contributed by atoms with E-state index in [2.05, 4.69) is 6.58 Å². The van der Waals surface area contributed by atoms with Crippen LogP contribution in [0.25, 0.3) is 0 Å². The number of nitrogens with one attached hydrogen (secondary N) is 1. The van der Waals surface area contributed by atoms with Crippen molar-refractivity contribution in [3.8, 4) is 0 Å². The minimum Gasteiger partial charge on any atom is -0.626 e. The SMILES string of the molecule is C=CC(=O)[NH+]([O-])C(C)C. The highest BCUT2D eigenvalue weighted by atomic mass is 16.5. The molecule has 3 heteroatoms. The fourth-order valence-electron chi connectivity index (χ4n) is 0.385. The Morgan fingerprint density at radius 3 is 2.33 bits per heavy atom. The summed E-state index contributed by atoms with van der Waals surface area (Å²) in [5.74, 6) is -0.495. The third-order valence-corrected chi connectivity index (χ3v) is 0.953. The van der Waals surface area contributed by atoms with E-state index < -0.39 is 5.91 Å². The van der Waals surface area contributed by atoms with Gasteiger partial charge in [-0.3, -0.25) is 0 Å². The lowest BCUT2D eigenvalue weighted by atomic mass is 10.4. The van der Waals surface area contributed by atoms with Crippen molar-refractivity contribution in [2.75, 3.05) is 0 Å². The van der Waals surface area contributed by atoms with E-state index in [1.807, 2.05) is 0 Å². The molecule has 0 spiro atoms. The molecule has 1 N–H and O–H groups in total. The minimum atomic E-state index is -0.495. The van der Waals surface area contributed by atoms with Crippen LogP contribution < -0.4 is 5.06 Å². The predicted molar refractivity (Wildman–Crippen MR) is 34.7 cm³/mol. The monoisotopic (exact) mass is 129 g/mol. The summed E-state index contributed by atoms with van der Waals surface area (Å²) in [5.41, 5.74) is 0. The van der Waals surface area contributed by atoms with Gasteiger partial charge < -0.3 is 10.3 Å². The summed E-state index contributed by atoms with van der Waals surface area (Å²) < 4.78 is 0. The first kappa shape index (κ1) is 8.33. The highest BCUT2D eigenvalue weighted by Gasteiger charge is 2.08. The minimum absolute atomic E-state index is 0.213. The standard InChI is InChI=1S/C6H11NO2/c1-4-6(8)7(9)5(2)3/h4-5,7H,1H2,2-3H3. The average molecular weight is 129 g/mol. The molecular weight excluding hydrogens is 118 g/mol. The van der Waals surface area contributed by atoms with Gasteiger partial charge in [-0.1, -0.05) is 6.58 Å². The molecule has 0 aromatic rings. The van der Waals surface area contributed by atoms with E-state index in [1.54, 1.807) is 13.8 Å². The van der Waals surface area contributed by atoms with E-state index in [9.17, 15) is 10.0 Å². The molecule has 0 saturated heterocycles. The lowest BCUT2D eigenvalue weighted by Crippen LogP contribution is -3.12. The Morgan fingerprint density at radius 1 is 1.78 bits per heavy atom. The van der Waals surface area contributed by atoms with Crippen molar-refractivity contribution in [1.82, 2.24) is 0 Å². The zero-order valence-electron chi connectivity index (χ0n) is 5.68. The normalized spacial score (nSPS) is 13.3. The third-order valence-electron chi connectivity index (χ3n) is 0.953. The van der Waals surface area contributed by atoms with Gasteiger partial charge in [0.05, 0.1) is 6.04 Å². The Hall–Kier alpha value is -0.670. The smallest absolute Gasteiger partial charge is 0.336 e. The fourth-order valence-corrected chi connectivity index (χ4v) is 0.385. The van der Waals surface area contributed by atoms with Gasteiger partial charge in [-0.15, -0.1) is 0 Å². The van der Waals surface area contributed by atoms with Gasteiger partial charge in [0.1, 0.15) is 0 Å². The van der Waals surface area contributed by atoms with Crippen LogP contribution in [0.4, 0.5) is 0 Å². The molecule has 0 saturated carbocycles. The summed E-state index contributed by atoms with van der Waals surface area (Å²) in [6, 6.07) is -0.213. The number of carbonyl (C=O) groups excluding carboxylic acids is 1. The van der Waals surface area contributed by atoms with E-state index in [4.69, 9.17) is 0 Å². The van der Waals surface area contributed by atoms with Crippen LogP contribution in [0.15, 0.2) is 12.7 Å². The second-order valence-electron chi connectivity index (χ2n) is 2.09. The average Bonchev–Trinajstić information content (AvgIpc) is 1.84. The molecule has 3 nitrogen and oxygen atoms in total. The Bertz CT molecular complexity index is 120. The summed E-state index contributed by atoms with van der Waals surface area (Å²) in [5, 5.41) is 10.3. The summed E-state index contributed by atoms with van der Waals surface area (Å²) in [4.78, 5) is 10.5. The topological polar surface area (TPSA) is 44.6 Å². The maximum atomic E-state index is 10.7. The lowest BCUT2D eigenvalue weighted by molar-refractivity contribution is -0.787. The molecule has 9 heavy (non-hydrogen) atoms. The van der Waals surface area contributed by atoms with Crippen molar-refractivity contribution in [1.29, 1.82) is 0 Å². The van der Waals surface area contributed by atoms with Crippen LogP contribution in [0.5, 0.6) is 0 Å². The van der Waals surface area contributed by atoms with Crippen molar-refractivity contribution >= 4 is 5.91 Å². The molecule has 0 radical (unpaired) electrons. The van der Waals surface area contributed by atoms with Gasteiger partial charge in [0.2, 0.25) is 0 Å². The molecule has 0 aromatic heterocycles. The molecule has 0 aliphatic carbocycles. The fraction of sp³-hybridized carbons (Fsp3) is 0.500. The summed E-state index contributed by atoms with van der Waals surface area (Å²) in [7, 11) is 0. The number of rotatable bonds is 2. The molecule has 0 bridgehead atoms. The molecule has 0 rings (SSSR count). The van der Waals surface area contributed by atoms with Crippen LogP contribution in [-0.2, 0) is 4.79 Å². The number of carbonyl (C=O) groups is 1. The van der Waals surface area contributed by atoms with Gasteiger partial charge >= 0.3 is 5.91 Å². The Kier molecular flexibility index (Phi) is 3.12. The number of hydrogen-bond donors (Lipinski definition) is 1. The molecule has 0 aromatic carbocycles. The van der Waals surface area contributed by atoms with Crippen LogP contribution in [0.3, 0.4) is 0 Å². The van der Waals surface area contributed by atoms with E-state index in [0.717, 1.165) is 6.08 Å². The Labute approximate surface area is 54.5 Å². The van der Waals surface area contributed by atoms with E-state index in [1.165, 1.54) is 0 Å². The summed E-state index contributed by atoms with van der Waals surface area (Å²) >= 11 is 0. The first-order valence-corrected chi connectivity index (χ1v) is 2.80. The van der Waals surface area contributed by atoms with Crippen LogP contribution in [0.2, 0.25) is 0 Å². The van der Waals surface area contributed by atoms with E-state index in [0.29, 0.717) is 0 Å². The molecule has 0 heterocycles. The molecule has 0 fully saturated rings. The zero-order valence-corrected chi connectivity index (χ0v) is 5.68. The molecule has 1 amide bonds. The van der Waals surface area contributed by atoms with Crippen LogP contribution in [0.1, 0.15) is 13.8 Å². The van der Waals surface area contributed by atoms with Crippen molar-refractivity contribution in [3.05, 3.63) is 17.9 Å². The maximum Gasteiger partial charge on any atom is 0.336 e. The Morgan fingerprint density at radius 2 is 2.22 bits per heavy atom. The first-order chi connectivity index (χ1) is 4.09. The number of quaternary nitrogens is 1. The maximum absolute atomic E-state index is 10.7. The second-order valence-corrected chi connectivity index (χ2v) is 2.09. The van der Waals surface area contributed by atoms with Crippen molar-refractivity contribution in [2.24, 2.45) is 0 Å². The molecule has 0 aliphatic rings. The number of hydrogen-bond acceptors (Lipinski definition) is 2. The molecule has 0 aliphatic heterocycles. The van der Waals surface area contributed by atoms with Gasteiger partial charge in [-0.2, -0.15) is 0 Å². The molecule has 1 unspecified atom stereocenters. The van der Waals surface area contributed by atoms with Crippen molar-refractivity contribution in [3.63, 3.8) is 0 Å². The largest absolute Gasteiger partial charge is 0.626 e. The zero-order chi connectivity index (χ0) is 7.44. The van der Waals surface area contributed by atoms with Crippen LogP contribution in [0, 0.1) is 5.21 Å². The summed E-state index contributed by atoms with van der Waals surface area (Å²) in [6.45, 7) is 6.56. The first-order valence-electron chi connectivity index (χ1n) is 2.80. The quantitative estimate of drug-likeness (QED) is 0.403. The van der Waals surface area contributed by atoms with Crippen molar-refractivity contribution in [2.45, 2.75) is 19.9 Å². The molecule has 1 atom stereocenters. The lowest BCUT2D eigenvalue weighted by Gasteiger charge is -2.21. The van der Waals surface area contributed by atoms with E-state index >= 15 is 0 Å². The van der Waals surface area contributed by atoms with Gasteiger partial charge in [0.25, 0.3) is 0 Å². The van der Waals surface area contributed by atoms with Crippen LogP contribution in [-0.4, -0.2) is 11.9 Å². The highest BCUT2D eigenvalue weighted by molar-refractivity contribution is 5.78. The summed E-state index contributed by atoms with van der Waals surface area (Å²) in [6.07, 6.45) is 1.04. The second kappa shape index (κ2) is 3.37. The highest BCUT2D eigenvalue weighted by Crippen LogP contribution is 1.67. The van der Waals surface area contributed by atoms with Gasteiger partial charge in [0.15, 0.2) is 0 Å². The van der Waals surface area contributed by atoms with Crippen molar-refractivity contribution < 1.29 is 9.86 Å². The van der Waals surface area contributed by atoms with Gasteiger partial charge in [-0.05, 0) is 13.8 Å². The molecular formula is C6H11NO2. The molecule has 52 valence electrons. The third kappa shape index (κ3) is 2.39. The number of hydroxylamine groups is 2. The van der Waals surface area contributed by atoms with Gasteiger partial charge in [-0.25, -0.2) is 4.79 Å². The number of amides is 1. The van der Waals surface area contributed by atoms with Crippen LogP contribution >= 0.6 is 0 Å². The van der Waals surface area contributed by atoms with Gasteiger partial charge in [0, 0.05) is 6.08 Å².